The van der Waals surface area contributed by atoms with Gasteiger partial charge in [0, 0.05) is 29.9 Å². The molecule has 1 aromatic heterocycles. The quantitative estimate of drug-likeness (QED) is 0.888. The summed E-state index contributed by atoms with van der Waals surface area (Å²) in [5.74, 6) is -0.166. The second kappa shape index (κ2) is 6.43. The van der Waals surface area contributed by atoms with E-state index in [0.29, 0.717) is 12.0 Å². The molecule has 1 N–H and O–H groups in total. The standard InChI is InChI=1S/C16H19FN2/c1-3-18-16(14-6-4-5-7-15(14)17)10-13-9-8-12(2)11-19-13/h4-9,11,16,18H,3,10H2,1-2H3. The Bertz CT molecular complexity index is 523. The molecule has 0 saturated carbocycles. The van der Waals surface area contributed by atoms with Crippen LogP contribution in [0.2, 0.25) is 0 Å². The van der Waals surface area contributed by atoms with Crippen LogP contribution in [0, 0.1) is 12.7 Å². The van der Waals surface area contributed by atoms with Crippen molar-refractivity contribution in [1.29, 1.82) is 0 Å². The van der Waals surface area contributed by atoms with Gasteiger partial charge in [0.25, 0.3) is 0 Å². The summed E-state index contributed by atoms with van der Waals surface area (Å²) in [5, 5.41) is 3.32. The van der Waals surface area contributed by atoms with Crippen LogP contribution in [0.3, 0.4) is 0 Å². The van der Waals surface area contributed by atoms with E-state index in [2.05, 4.69) is 10.3 Å². The predicted molar refractivity (Wildman–Crippen MR) is 75.5 cm³/mol. The van der Waals surface area contributed by atoms with Gasteiger partial charge in [-0.15, -0.1) is 0 Å². The van der Waals surface area contributed by atoms with Crippen LogP contribution in [0.5, 0.6) is 0 Å². The Morgan fingerprint density at radius 2 is 2.00 bits per heavy atom. The zero-order valence-electron chi connectivity index (χ0n) is 11.4. The Labute approximate surface area is 113 Å². The molecule has 3 heteroatoms. The summed E-state index contributed by atoms with van der Waals surface area (Å²) in [6.07, 6.45) is 2.54. The van der Waals surface area contributed by atoms with Crippen molar-refractivity contribution in [2.75, 3.05) is 6.54 Å². The molecule has 2 rings (SSSR count). The van der Waals surface area contributed by atoms with Crippen molar-refractivity contribution in [2.45, 2.75) is 26.3 Å². The van der Waals surface area contributed by atoms with Gasteiger partial charge in [-0.05, 0) is 31.2 Å². The van der Waals surface area contributed by atoms with E-state index in [1.54, 1.807) is 6.07 Å². The molecule has 0 fully saturated rings. The lowest BCUT2D eigenvalue weighted by molar-refractivity contribution is 0.506. The first kappa shape index (κ1) is 13.7. The average molecular weight is 258 g/mol. The summed E-state index contributed by atoms with van der Waals surface area (Å²) in [4.78, 5) is 4.39. The van der Waals surface area contributed by atoms with Crippen LogP contribution in [-0.4, -0.2) is 11.5 Å². The molecule has 0 bridgehead atoms. The lowest BCUT2D eigenvalue weighted by Gasteiger charge is -2.18. The maximum absolute atomic E-state index is 13.9. The van der Waals surface area contributed by atoms with Gasteiger partial charge in [-0.1, -0.05) is 31.2 Å². The molecular weight excluding hydrogens is 239 g/mol. The number of nitrogens with zero attached hydrogens (tertiary/aromatic N) is 1. The molecule has 100 valence electrons. The van der Waals surface area contributed by atoms with E-state index in [1.165, 1.54) is 6.07 Å². The summed E-state index contributed by atoms with van der Waals surface area (Å²) in [7, 11) is 0. The van der Waals surface area contributed by atoms with Gasteiger partial charge >= 0.3 is 0 Å². The summed E-state index contributed by atoms with van der Waals surface area (Å²) in [6, 6.07) is 10.9. The Morgan fingerprint density at radius 3 is 2.63 bits per heavy atom. The smallest absolute Gasteiger partial charge is 0.127 e. The Kier molecular flexibility index (Phi) is 4.63. The third kappa shape index (κ3) is 3.61. The fraction of sp³-hybridized carbons (Fsp3) is 0.312. The zero-order chi connectivity index (χ0) is 13.7. The first-order valence-corrected chi connectivity index (χ1v) is 6.60. The van der Waals surface area contributed by atoms with Crippen molar-refractivity contribution in [1.82, 2.24) is 10.3 Å². The molecule has 0 spiro atoms. The number of aryl methyl sites for hydroxylation is 1. The number of rotatable bonds is 5. The Balaban J connectivity index is 2.21. The van der Waals surface area contributed by atoms with Crippen LogP contribution in [-0.2, 0) is 6.42 Å². The van der Waals surface area contributed by atoms with E-state index >= 15 is 0 Å². The van der Waals surface area contributed by atoms with Crippen molar-refractivity contribution in [3.63, 3.8) is 0 Å². The third-order valence-electron chi connectivity index (χ3n) is 3.12. The van der Waals surface area contributed by atoms with Gasteiger partial charge < -0.3 is 5.32 Å². The monoisotopic (exact) mass is 258 g/mol. The summed E-state index contributed by atoms with van der Waals surface area (Å²) >= 11 is 0. The molecule has 0 aliphatic heterocycles. The van der Waals surface area contributed by atoms with Gasteiger partial charge in [-0.3, -0.25) is 4.98 Å². The highest BCUT2D eigenvalue weighted by Crippen LogP contribution is 2.20. The molecule has 1 atom stereocenters. The number of hydrogen-bond donors (Lipinski definition) is 1. The van der Waals surface area contributed by atoms with Gasteiger partial charge in [-0.2, -0.15) is 0 Å². The molecule has 0 aliphatic carbocycles. The number of aromatic nitrogens is 1. The molecule has 1 aromatic carbocycles. The molecule has 2 nitrogen and oxygen atoms in total. The SMILES string of the molecule is CCNC(Cc1ccc(C)cn1)c1ccccc1F. The highest BCUT2D eigenvalue weighted by Gasteiger charge is 2.15. The summed E-state index contributed by atoms with van der Waals surface area (Å²) in [5.41, 5.74) is 2.81. The predicted octanol–water partition coefficient (Wildman–Crippen LogP) is 3.42. The van der Waals surface area contributed by atoms with Crippen molar-refractivity contribution in [3.8, 4) is 0 Å². The van der Waals surface area contributed by atoms with Gasteiger partial charge in [0.2, 0.25) is 0 Å². The van der Waals surface area contributed by atoms with Crippen LogP contribution in [0.15, 0.2) is 42.6 Å². The second-order valence-corrected chi connectivity index (χ2v) is 4.66. The van der Waals surface area contributed by atoms with E-state index in [1.807, 2.05) is 44.3 Å². The summed E-state index contributed by atoms with van der Waals surface area (Å²) in [6.45, 7) is 4.83. The van der Waals surface area contributed by atoms with Crippen LogP contribution in [0.4, 0.5) is 4.39 Å². The molecule has 2 aromatic rings. The maximum Gasteiger partial charge on any atom is 0.127 e. The molecule has 19 heavy (non-hydrogen) atoms. The largest absolute Gasteiger partial charge is 0.310 e. The number of pyridine rings is 1. The number of benzene rings is 1. The van der Waals surface area contributed by atoms with Crippen molar-refractivity contribution in [3.05, 3.63) is 65.2 Å². The minimum atomic E-state index is -0.166. The zero-order valence-corrected chi connectivity index (χ0v) is 11.4. The fourth-order valence-electron chi connectivity index (χ4n) is 2.12. The second-order valence-electron chi connectivity index (χ2n) is 4.66. The number of hydrogen-bond acceptors (Lipinski definition) is 2. The van der Waals surface area contributed by atoms with Crippen molar-refractivity contribution in [2.24, 2.45) is 0 Å². The van der Waals surface area contributed by atoms with E-state index in [4.69, 9.17) is 0 Å². The van der Waals surface area contributed by atoms with Crippen LogP contribution in [0.25, 0.3) is 0 Å². The van der Waals surface area contributed by atoms with Crippen LogP contribution >= 0.6 is 0 Å². The maximum atomic E-state index is 13.9. The first-order valence-electron chi connectivity index (χ1n) is 6.60. The first-order chi connectivity index (χ1) is 9.20. The van der Waals surface area contributed by atoms with E-state index in [-0.39, 0.29) is 11.9 Å². The lowest BCUT2D eigenvalue weighted by atomic mass is 10.0. The van der Waals surface area contributed by atoms with Crippen molar-refractivity contribution < 1.29 is 4.39 Å². The normalized spacial score (nSPS) is 12.4. The van der Waals surface area contributed by atoms with Gasteiger partial charge in [0.1, 0.15) is 5.82 Å². The van der Waals surface area contributed by atoms with Crippen LogP contribution < -0.4 is 5.32 Å². The molecule has 1 heterocycles. The minimum Gasteiger partial charge on any atom is -0.310 e. The molecule has 0 radical (unpaired) electrons. The summed E-state index contributed by atoms with van der Waals surface area (Å²) < 4.78 is 13.9. The third-order valence-corrected chi connectivity index (χ3v) is 3.12. The topological polar surface area (TPSA) is 24.9 Å². The van der Waals surface area contributed by atoms with Gasteiger partial charge in [-0.25, -0.2) is 4.39 Å². The Morgan fingerprint density at radius 1 is 1.21 bits per heavy atom. The van der Waals surface area contributed by atoms with E-state index < -0.39 is 0 Å². The van der Waals surface area contributed by atoms with Gasteiger partial charge in [0.05, 0.1) is 0 Å². The van der Waals surface area contributed by atoms with Crippen molar-refractivity contribution >= 4 is 0 Å². The number of nitrogens with one attached hydrogen (secondary N) is 1. The molecule has 0 amide bonds. The van der Waals surface area contributed by atoms with E-state index in [9.17, 15) is 4.39 Å². The van der Waals surface area contributed by atoms with Crippen LogP contribution in [0.1, 0.15) is 29.8 Å². The molecule has 0 saturated heterocycles. The number of halogens is 1. The molecule has 0 aliphatic rings. The minimum absolute atomic E-state index is 0.0404. The molecular formula is C16H19FN2. The van der Waals surface area contributed by atoms with Gasteiger partial charge in [0.15, 0.2) is 0 Å². The fourth-order valence-corrected chi connectivity index (χ4v) is 2.12. The number of likely N-dealkylation sites (N-methyl/N-ethyl adjacent to an activating group) is 1. The molecule has 1 unspecified atom stereocenters. The lowest BCUT2D eigenvalue weighted by Crippen LogP contribution is -2.24. The Hall–Kier alpha value is -1.74. The average Bonchev–Trinajstić information content (AvgIpc) is 2.41. The highest BCUT2D eigenvalue weighted by molar-refractivity contribution is 5.23. The highest BCUT2D eigenvalue weighted by atomic mass is 19.1. The van der Waals surface area contributed by atoms with E-state index in [0.717, 1.165) is 17.8 Å².